The minimum absolute atomic E-state index is 0.376. The van der Waals surface area contributed by atoms with Crippen LogP contribution in [0.2, 0.25) is 0 Å². The van der Waals surface area contributed by atoms with Crippen LogP contribution in [0.1, 0.15) is 49.1 Å². The first-order valence-corrected chi connectivity index (χ1v) is 13.7. The summed E-state index contributed by atoms with van der Waals surface area (Å²) in [6.45, 7) is 8.73. The Morgan fingerprint density at radius 3 is 2.47 bits per heavy atom. The molecule has 0 bridgehead atoms. The van der Waals surface area contributed by atoms with Gasteiger partial charge in [-0.15, -0.1) is 11.3 Å². The van der Waals surface area contributed by atoms with Gasteiger partial charge in [-0.05, 0) is 54.4 Å². The summed E-state index contributed by atoms with van der Waals surface area (Å²) in [4.78, 5) is 14.3. The van der Waals surface area contributed by atoms with Crippen LogP contribution in [0.3, 0.4) is 0 Å². The van der Waals surface area contributed by atoms with Gasteiger partial charge in [0.25, 0.3) is 0 Å². The number of aryl methyl sites for hydroxylation is 1. The van der Waals surface area contributed by atoms with Crippen LogP contribution < -0.4 is 4.90 Å². The molecule has 1 aliphatic heterocycles. The number of thiophene rings is 1. The van der Waals surface area contributed by atoms with Crippen molar-refractivity contribution in [1.29, 1.82) is 0 Å². The maximum Gasteiger partial charge on any atom is 0.243 e. The fraction of sp³-hybridized carbons (Fsp3) is 0.500. The van der Waals surface area contributed by atoms with Gasteiger partial charge in [-0.2, -0.15) is 4.31 Å². The number of nitrogens with zero attached hydrogens (tertiary/aromatic N) is 4. The highest BCUT2D eigenvalue weighted by Crippen LogP contribution is 2.40. The van der Waals surface area contributed by atoms with Gasteiger partial charge >= 0.3 is 0 Å². The summed E-state index contributed by atoms with van der Waals surface area (Å²) in [5, 5.41) is 1.19. The second kappa shape index (κ2) is 8.39. The fourth-order valence-electron chi connectivity index (χ4n) is 4.81. The molecular weight excluding hydrogens is 440 g/mol. The Bertz CT molecular complexity index is 1230. The molecule has 0 amide bonds. The van der Waals surface area contributed by atoms with E-state index in [-0.39, 0.29) is 0 Å². The molecule has 8 heteroatoms. The Morgan fingerprint density at radius 1 is 1.06 bits per heavy atom. The van der Waals surface area contributed by atoms with E-state index in [4.69, 9.17) is 0 Å². The highest BCUT2D eigenvalue weighted by atomic mass is 32.2. The van der Waals surface area contributed by atoms with Gasteiger partial charge in [0, 0.05) is 31.1 Å². The molecule has 32 heavy (non-hydrogen) atoms. The van der Waals surface area contributed by atoms with Gasteiger partial charge in [-0.25, -0.2) is 18.4 Å². The molecule has 3 heterocycles. The lowest BCUT2D eigenvalue weighted by atomic mass is 9.89. The fourth-order valence-corrected chi connectivity index (χ4v) is 7.58. The summed E-state index contributed by atoms with van der Waals surface area (Å²) >= 11 is 1.80. The Morgan fingerprint density at radius 2 is 1.78 bits per heavy atom. The second-order valence-electron chi connectivity index (χ2n) is 9.34. The van der Waals surface area contributed by atoms with E-state index in [1.54, 1.807) is 34.1 Å². The second-order valence-corrected chi connectivity index (χ2v) is 12.4. The molecule has 1 atom stereocenters. The molecule has 6 nitrogen and oxygen atoms in total. The van der Waals surface area contributed by atoms with Crippen LogP contribution in [-0.2, 0) is 22.9 Å². The average Bonchev–Trinajstić information content (AvgIpc) is 3.16. The highest BCUT2D eigenvalue weighted by molar-refractivity contribution is 7.89. The molecular formula is C24H30N4O2S2. The summed E-state index contributed by atoms with van der Waals surface area (Å²) in [5.74, 6) is 2.07. The smallest absolute Gasteiger partial charge is 0.243 e. The number of aromatic nitrogens is 2. The van der Waals surface area contributed by atoms with Crippen LogP contribution in [0.5, 0.6) is 0 Å². The lowest BCUT2D eigenvalue weighted by Gasteiger charge is -2.35. The van der Waals surface area contributed by atoms with Crippen molar-refractivity contribution in [1.82, 2.24) is 14.3 Å². The van der Waals surface area contributed by atoms with Gasteiger partial charge in [0.1, 0.15) is 17.0 Å². The minimum atomic E-state index is -3.49. The molecule has 0 radical (unpaired) electrons. The van der Waals surface area contributed by atoms with E-state index in [2.05, 4.69) is 35.6 Å². The predicted octanol–water partition coefficient (Wildman–Crippen LogP) is 4.45. The first-order valence-electron chi connectivity index (χ1n) is 11.4. The largest absolute Gasteiger partial charge is 0.353 e. The number of anilines is 1. The lowest BCUT2D eigenvalue weighted by Crippen LogP contribution is -2.49. The van der Waals surface area contributed by atoms with Crippen molar-refractivity contribution in [2.24, 2.45) is 5.92 Å². The summed E-state index contributed by atoms with van der Waals surface area (Å²) in [6.07, 6.45) is 5.06. The van der Waals surface area contributed by atoms with Crippen LogP contribution in [0.4, 0.5) is 5.82 Å². The van der Waals surface area contributed by atoms with E-state index in [0.717, 1.165) is 35.0 Å². The van der Waals surface area contributed by atoms with E-state index < -0.39 is 10.0 Å². The number of benzene rings is 1. The summed E-state index contributed by atoms with van der Waals surface area (Å²) in [5.41, 5.74) is 2.56. The first kappa shape index (κ1) is 21.8. The van der Waals surface area contributed by atoms with E-state index in [0.29, 0.717) is 37.0 Å². The molecule has 2 aromatic heterocycles. The molecule has 0 saturated carbocycles. The van der Waals surface area contributed by atoms with E-state index >= 15 is 0 Å². The Kier molecular flexibility index (Phi) is 5.72. The number of sulfonamides is 1. The van der Waals surface area contributed by atoms with Crippen LogP contribution in [0, 0.1) is 5.92 Å². The van der Waals surface area contributed by atoms with Gasteiger partial charge in [-0.1, -0.05) is 32.9 Å². The maximum atomic E-state index is 13.2. The number of piperazine rings is 1. The number of hydrogen-bond donors (Lipinski definition) is 0. The van der Waals surface area contributed by atoms with Crippen LogP contribution in [-0.4, -0.2) is 48.9 Å². The lowest BCUT2D eigenvalue weighted by molar-refractivity contribution is 0.384. The normalized spacial score (nSPS) is 20.1. The van der Waals surface area contributed by atoms with Crippen LogP contribution in [0.15, 0.2) is 35.5 Å². The van der Waals surface area contributed by atoms with Crippen molar-refractivity contribution in [3.63, 3.8) is 0 Å². The third-order valence-electron chi connectivity index (χ3n) is 6.79. The molecule has 3 aromatic rings. The monoisotopic (exact) mass is 470 g/mol. The van der Waals surface area contributed by atoms with Gasteiger partial charge in [0.15, 0.2) is 0 Å². The zero-order valence-corrected chi connectivity index (χ0v) is 20.5. The maximum absolute atomic E-state index is 13.2. The number of fused-ring (bicyclic) bond motifs is 3. The van der Waals surface area contributed by atoms with Crippen LogP contribution >= 0.6 is 11.3 Å². The Labute approximate surface area is 194 Å². The molecule has 5 rings (SSSR count). The number of rotatable bonds is 4. The molecule has 1 fully saturated rings. The quantitative estimate of drug-likeness (QED) is 0.564. The van der Waals surface area contributed by atoms with E-state index in [1.165, 1.54) is 22.2 Å². The summed E-state index contributed by atoms with van der Waals surface area (Å²) in [7, 11) is -3.49. The van der Waals surface area contributed by atoms with E-state index in [1.807, 2.05) is 12.1 Å². The zero-order chi connectivity index (χ0) is 22.5. The molecule has 0 spiro atoms. The Hall–Kier alpha value is -2.03. The van der Waals surface area contributed by atoms with Crippen molar-refractivity contribution in [3.8, 4) is 0 Å². The van der Waals surface area contributed by atoms with Gasteiger partial charge < -0.3 is 4.90 Å². The van der Waals surface area contributed by atoms with Crippen LogP contribution in [0.25, 0.3) is 10.2 Å². The molecule has 1 aromatic carbocycles. The summed E-state index contributed by atoms with van der Waals surface area (Å²) in [6, 6.07) is 7.32. The average molecular weight is 471 g/mol. The standard InChI is InChI=1S/C24H30N4O2S2/c1-16(2)18-5-7-19(8-6-18)32(29,30)28-12-10-27(11-13-28)23-22-20-9-4-17(3)14-21(20)31-24(22)26-15-25-23/h5-8,15-17H,4,9-14H2,1-3H3/t17-/m0/s1. The topological polar surface area (TPSA) is 66.4 Å². The third kappa shape index (κ3) is 3.82. The van der Waals surface area contributed by atoms with Crippen molar-refractivity contribution < 1.29 is 8.42 Å². The predicted molar refractivity (Wildman–Crippen MR) is 130 cm³/mol. The zero-order valence-electron chi connectivity index (χ0n) is 18.9. The number of hydrogen-bond acceptors (Lipinski definition) is 6. The molecule has 0 unspecified atom stereocenters. The molecule has 1 saturated heterocycles. The molecule has 170 valence electrons. The Balaban J connectivity index is 1.36. The van der Waals surface area contributed by atoms with Crippen molar-refractivity contribution >= 4 is 37.4 Å². The SMILES string of the molecule is CC(C)c1ccc(S(=O)(=O)N2CCN(c3ncnc4sc5c(c34)CC[C@H](C)C5)CC2)cc1. The van der Waals surface area contributed by atoms with Crippen molar-refractivity contribution in [2.75, 3.05) is 31.1 Å². The molecule has 2 aliphatic rings. The van der Waals surface area contributed by atoms with Crippen molar-refractivity contribution in [3.05, 3.63) is 46.6 Å². The van der Waals surface area contributed by atoms with E-state index in [9.17, 15) is 8.42 Å². The van der Waals surface area contributed by atoms with Crippen molar-refractivity contribution in [2.45, 2.75) is 50.8 Å². The summed E-state index contributed by atoms with van der Waals surface area (Å²) < 4.78 is 28.0. The minimum Gasteiger partial charge on any atom is -0.353 e. The van der Waals surface area contributed by atoms with Gasteiger partial charge in [0.05, 0.1) is 10.3 Å². The molecule has 0 N–H and O–H groups in total. The van der Waals surface area contributed by atoms with Gasteiger partial charge in [0.2, 0.25) is 10.0 Å². The third-order valence-corrected chi connectivity index (χ3v) is 9.87. The molecule has 1 aliphatic carbocycles. The first-order chi connectivity index (χ1) is 15.3. The highest BCUT2D eigenvalue weighted by Gasteiger charge is 2.31. The van der Waals surface area contributed by atoms with Gasteiger partial charge in [-0.3, -0.25) is 0 Å².